The number of hydrogen-bond donors (Lipinski definition) is 2. The van der Waals surface area contributed by atoms with Gasteiger partial charge in [-0.2, -0.15) is 0 Å². The lowest BCUT2D eigenvalue weighted by molar-refractivity contribution is 0.579. The van der Waals surface area contributed by atoms with Crippen molar-refractivity contribution < 1.29 is 8.42 Å². The van der Waals surface area contributed by atoms with E-state index in [4.69, 9.17) is 0 Å². The molecular weight excluding hydrogens is 350 g/mol. The summed E-state index contributed by atoms with van der Waals surface area (Å²) >= 11 is 2.80. The van der Waals surface area contributed by atoms with Gasteiger partial charge in [0.15, 0.2) is 0 Å². The number of sulfonamides is 1. The van der Waals surface area contributed by atoms with Crippen LogP contribution in [0.2, 0.25) is 0 Å². The fourth-order valence-electron chi connectivity index (χ4n) is 1.60. The Bertz CT molecular complexity index is 667. The highest BCUT2D eigenvalue weighted by molar-refractivity contribution is 7.91. The molecule has 0 aromatic carbocycles. The largest absolute Gasteiger partial charge is 0.316 e. The second-order valence-corrected chi connectivity index (χ2v) is 8.26. The summed E-state index contributed by atoms with van der Waals surface area (Å²) in [6.07, 6.45) is 0. The van der Waals surface area contributed by atoms with Gasteiger partial charge < -0.3 is 5.32 Å². The van der Waals surface area contributed by atoms with Gasteiger partial charge in [0.1, 0.15) is 4.21 Å². The molecule has 0 spiro atoms. The Hall–Kier alpha value is -0.510. The first-order valence-electron chi connectivity index (χ1n) is 6.25. The monoisotopic (exact) mass is 367 g/mol. The van der Waals surface area contributed by atoms with Gasteiger partial charge >= 0.3 is 0 Å². The van der Waals surface area contributed by atoms with Gasteiger partial charge in [-0.3, -0.25) is 0 Å². The van der Waals surface area contributed by atoms with Gasteiger partial charge in [-0.25, -0.2) is 18.1 Å². The van der Waals surface area contributed by atoms with Crippen molar-refractivity contribution in [2.45, 2.75) is 18.1 Å². The highest BCUT2D eigenvalue weighted by atomic mass is 35.5. The van der Waals surface area contributed by atoms with Crippen molar-refractivity contribution in [1.29, 1.82) is 0 Å². The molecule has 9 heteroatoms. The van der Waals surface area contributed by atoms with Crippen LogP contribution in [0.1, 0.15) is 11.9 Å². The predicted molar refractivity (Wildman–Crippen MR) is 91.1 cm³/mol. The number of aromatic nitrogens is 1. The molecule has 2 aromatic rings. The van der Waals surface area contributed by atoms with E-state index in [1.165, 1.54) is 11.3 Å². The Morgan fingerprint density at radius 3 is 2.67 bits per heavy atom. The van der Waals surface area contributed by atoms with Crippen LogP contribution < -0.4 is 10.0 Å². The quantitative estimate of drug-likeness (QED) is 0.737. The van der Waals surface area contributed by atoms with Crippen molar-refractivity contribution in [2.24, 2.45) is 0 Å². The van der Waals surface area contributed by atoms with Crippen LogP contribution in [-0.4, -0.2) is 33.0 Å². The molecule has 0 saturated carbocycles. The average Bonchev–Trinajstić information content (AvgIpc) is 3.03. The minimum atomic E-state index is -3.42. The molecule has 0 aliphatic carbocycles. The van der Waals surface area contributed by atoms with Crippen molar-refractivity contribution in [3.63, 3.8) is 0 Å². The van der Waals surface area contributed by atoms with Crippen LogP contribution in [0.3, 0.4) is 0 Å². The third kappa shape index (κ3) is 5.01. The lowest BCUT2D eigenvalue weighted by Gasteiger charge is -2.04. The van der Waals surface area contributed by atoms with Gasteiger partial charge in [0.2, 0.25) is 10.0 Å². The zero-order valence-electron chi connectivity index (χ0n) is 11.8. The van der Waals surface area contributed by atoms with Crippen molar-refractivity contribution in [2.75, 3.05) is 19.6 Å². The molecule has 5 nitrogen and oxygen atoms in total. The Balaban J connectivity index is 0.00000220. The molecule has 118 valence electrons. The topological polar surface area (TPSA) is 71.1 Å². The Morgan fingerprint density at radius 2 is 2.05 bits per heavy atom. The summed E-state index contributed by atoms with van der Waals surface area (Å²) in [7, 11) is -3.42. The first-order valence-corrected chi connectivity index (χ1v) is 9.43. The molecule has 2 N–H and O–H groups in total. The first kappa shape index (κ1) is 18.5. The lowest BCUT2D eigenvalue weighted by atomic mass is 10.4. The van der Waals surface area contributed by atoms with E-state index in [1.54, 1.807) is 23.5 Å². The highest BCUT2D eigenvalue weighted by Gasteiger charge is 2.17. The summed E-state index contributed by atoms with van der Waals surface area (Å²) in [6.45, 7) is 5.75. The van der Waals surface area contributed by atoms with E-state index in [9.17, 15) is 8.42 Å². The first-order chi connectivity index (χ1) is 9.53. The fraction of sp³-hybridized carbons (Fsp3) is 0.417. The maximum Gasteiger partial charge on any atom is 0.250 e. The van der Waals surface area contributed by atoms with E-state index in [0.717, 1.165) is 22.1 Å². The fourth-order valence-corrected chi connectivity index (χ4v) is 4.63. The smallest absolute Gasteiger partial charge is 0.250 e. The molecule has 0 amide bonds. The summed E-state index contributed by atoms with van der Waals surface area (Å²) in [6, 6.07) is 3.43. The van der Waals surface area contributed by atoms with Crippen molar-refractivity contribution in [3.8, 4) is 10.6 Å². The average molecular weight is 368 g/mol. The van der Waals surface area contributed by atoms with E-state index in [1.807, 2.05) is 19.2 Å². The third-order valence-electron chi connectivity index (χ3n) is 2.56. The van der Waals surface area contributed by atoms with Gasteiger partial charge in [-0.1, -0.05) is 6.92 Å². The molecule has 2 rings (SSSR count). The Labute approximate surface area is 139 Å². The molecule has 0 aliphatic heterocycles. The molecule has 0 aliphatic rings. The molecule has 0 unspecified atom stereocenters. The number of halogens is 1. The molecule has 2 aromatic heterocycles. The maximum atomic E-state index is 12.1. The van der Waals surface area contributed by atoms with Crippen LogP contribution in [-0.2, 0) is 10.0 Å². The van der Waals surface area contributed by atoms with Gasteiger partial charge in [0.25, 0.3) is 0 Å². The normalized spacial score (nSPS) is 11.3. The van der Waals surface area contributed by atoms with Crippen molar-refractivity contribution in [3.05, 3.63) is 22.5 Å². The van der Waals surface area contributed by atoms with Crippen LogP contribution in [0.4, 0.5) is 0 Å². The van der Waals surface area contributed by atoms with Crippen LogP contribution >= 0.6 is 35.1 Å². The van der Waals surface area contributed by atoms with Gasteiger partial charge in [0.05, 0.1) is 15.6 Å². The second kappa shape index (κ2) is 8.21. The molecule has 0 fully saturated rings. The van der Waals surface area contributed by atoms with Crippen LogP contribution in [0.25, 0.3) is 10.6 Å². The maximum absolute atomic E-state index is 12.1. The third-order valence-corrected chi connectivity index (χ3v) is 6.40. The molecule has 2 heterocycles. The number of thiazole rings is 1. The van der Waals surface area contributed by atoms with Crippen LogP contribution in [0.15, 0.2) is 21.7 Å². The number of nitrogens with zero attached hydrogens (tertiary/aromatic N) is 1. The number of rotatable bonds is 7. The highest BCUT2D eigenvalue weighted by Crippen LogP contribution is 2.31. The van der Waals surface area contributed by atoms with Gasteiger partial charge in [-0.05, 0) is 25.6 Å². The summed E-state index contributed by atoms with van der Waals surface area (Å²) in [5.74, 6) is 0. The number of likely N-dealkylation sites (N-methyl/N-ethyl adjacent to an activating group) is 1. The van der Waals surface area contributed by atoms with E-state index in [-0.39, 0.29) is 12.4 Å². The van der Waals surface area contributed by atoms with Crippen LogP contribution in [0, 0.1) is 6.92 Å². The van der Waals surface area contributed by atoms with E-state index >= 15 is 0 Å². The molecule has 0 bridgehead atoms. The zero-order valence-corrected chi connectivity index (χ0v) is 15.0. The standard InChI is InChI=1S/C12H17N3O2S3.ClH/c1-3-13-6-7-14-20(16,17)12-5-4-11(19-12)10-8-18-9(2)15-10;/h4-5,8,13-14H,3,6-7H2,1-2H3;1H. The summed E-state index contributed by atoms with van der Waals surface area (Å²) in [5.41, 5.74) is 0.839. The zero-order chi connectivity index (χ0) is 14.6. The minimum Gasteiger partial charge on any atom is -0.316 e. The summed E-state index contributed by atoms with van der Waals surface area (Å²) in [4.78, 5) is 5.24. The Morgan fingerprint density at radius 1 is 1.29 bits per heavy atom. The van der Waals surface area contributed by atoms with Gasteiger partial charge in [-0.15, -0.1) is 35.1 Å². The number of aryl methyl sites for hydroxylation is 1. The van der Waals surface area contributed by atoms with Crippen molar-refractivity contribution in [1.82, 2.24) is 15.0 Å². The van der Waals surface area contributed by atoms with Gasteiger partial charge in [0, 0.05) is 18.5 Å². The Kier molecular flexibility index (Phi) is 7.25. The summed E-state index contributed by atoms with van der Waals surface area (Å²) < 4.78 is 27.1. The molecule has 0 atom stereocenters. The predicted octanol–water partition coefficient (Wildman–Crippen LogP) is 2.49. The summed E-state index contributed by atoms with van der Waals surface area (Å²) in [5, 5.41) is 5.99. The molecule has 21 heavy (non-hydrogen) atoms. The molecule has 0 radical (unpaired) electrons. The SMILES string of the molecule is CCNCCNS(=O)(=O)c1ccc(-c2csc(C)n2)s1.Cl. The van der Waals surface area contributed by atoms with E-state index < -0.39 is 10.0 Å². The van der Waals surface area contributed by atoms with Crippen molar-refractivity contribution >= 4 is 45.1 Å². The van der Waals surface area contributed by atoms with Crippen LogP contribution in [0.5, 0.6) is 0 Å². The number of hydrogen-bond acceptors (Lipinski definition) is 6. The molecular formula is C12H18ClN3O2S3. The van der Waals surface area contributed by atoms with E-state index in [2.05, 4.69) is 15.0 Å². The number of nitrogens with one attached hydrogen (secondary N) is 2. The number of thiophene rings is 1. The lowest BCUT2D eigenvalue weighted by Crippen LogP contribution is -2.31. The second-order valence-electron chi connectivity index (χ2n) is 4.12. The minimum absolute atomic E-state index is 0. The van der Waals surface area contributed by atoms with E-state index in [0.29, 0.717) is 17.3 Å². The molecule has 0 saturated heterocycles.